The van der Waals surface area contributed by atoms with Crippen LogP contribution in [0.5, 0.6) is 0 Å². The lowest BCUT2D eigenvalue weighted by Gasteiger charge is -2.27. The number of likely N-dealkylation sites (N-methyl/N-ethyl adjacent to an activating group) is 1. The van der Waals surface area contributed by atoms with E-state index in [9.17, 15) is 4.79 Å². The average molecular weight is 328 g/mol. The molecule has 2 aromatic rings. The topological polar surface area (TPSA) is 41.4 Å². The van der Waals surface area contributed by atoms with E-state index in [1.54, 1.807) is 12.5 Å². The summed E-state index contributed by atoms with van der Waals surface area (Å²) in [6.45, 7) is 4.33. The molecule has 0 aliphatic heterocycles. The van der Waals surface area contributed by atoms with Gasteiger partial charge >= 0.3 is 0 Å². The molecule has 0 saturated heterocycles. The fourth-order valence-corrected chi connectivity index (χ4v) is 2.66. The van der Waals surface area contributed by atoms with E-state index in [-0.39, 0.29) is 11.9 Å². The molecule has 0 fully saturated rings. The van der Waals surface area contributed by atoms with E-state index >= 15 is 0 Å². The van der Waals surface area contributed by atoms with E-state index in [1.165, 1.54) is 5.56 Å². The standard InChI is InChI=1S/C19H28N4O/c1-17(23-13-11-20-16-23)19(24)22(15-14-21(2)3)12-7-10-18-8-5-4-6-9-18/h4-6,8-9,11,13,16-17H,7,10,12,14-15H2,1-3H3/t17-/m1/s1. The van der Waals surface area contributed by atoms with E-state index in [2.05, 4.69) is 34.1 Å². The van der Waals surface area contributed by atoms with Crippen LogP contribution >= 0.6 is 0 Å². The highest BCUT2D eigenvalue weighted by Gasteiger charge is 2.21. The number of imidazole rings is 1. The van der Waals surface area contributed by atoms with Gasteiger partial charge in [-0.1, -0.05) is 30.3 Å². The molecule has 1 aromatic heterocycles. The third kappa shape index (κ3) is 5.49. The summed E-state index contributed by atoms with van der Waals surface area (Å²) < 4.78 is 1.86. The summed E-state index contributed by atoms with van der Waals surface area (Å²) in [5, 5.41) is 0. The van der Waals surface area contributed by atoms with E-state index in [4.69, 9.17) is 0 Å². The van der Waals surface area contributed by atoms with Crippen LogP contribution in [0.2, 0.25) is 0 Å². The maximum atomic E-state index is 12.9. The van der Waals surface area contributed by atoms with Crippen molar-refractivity contribution in [1.82, 2.24) is 19.4 Å². The van der Waals surface area contributed by atoms with Crippen LogP contribution in [0.4, 0.5) is 0 Å². The normalized spacial score (nSPS) is 12.3. The number of rotatable bonds is 9. The molecule has 1 aromatic carbocycles. The highest BCUT2D eigenvalue weighted by molar-refractivity contribution is 5.80. The van der Waals surface area contributed by atoms with Gasteiger partial charge in [-0.05, 0) is 39.4 Å². The van der Waals surface area contributed by atoms with Gasteiger partial charge < -0.3 is 14.4 Å². The van der Waals surface area contributed by atoms with Gasteiger partial charge in [-0.2, -0.15) is 0 Å². The molecule has 5 nitrogen and oxygen atoms in total. The van der Waals surface area contributed by atoms with Gasteiger partial charge in [0.2, 0.25) is 5.91 Å². The zero-order valence-electron chi connectivity index (χ0n) is 14.9. The Balaban J connectivity index is 1.94. The van der Waals surface area contributed by atoms with Gasteiger partial charge in [-0.15, -0.1) is 0 Å². The molecular weight excluding hydrogens is 300 g/mol. The van der Waals surface area contributed by atoms with Gasteiger partial charge in [-0.25, -0.2) is 4.98 Å². The minimum atomic E-state index is -0.216. The van der Waals surface area contributed by atoms with Gasteiger partial charge in [0.25, 0.3) is 0 Å². The lowest BCUT2D eigenvalue weighted by atomic mass is 10.1. The molecule has 5 heteroatoms. The van der Waals surface area contributed by atoms with Gasteiger partial charge in [0.05, 0.1) is 6.33 Å². The van der Waals surface area contributed by atoms with Crippen molar-refractivity contribution in [2.75, 3.05) is 33.7 Å². The first kappa shape index (κ1) is 18.2. The molecule has 0 bridgehead atoms. The monoisotopic (exact) mass is 328 g/mol. The number of hydrogen-bond acceptors (Lipinski definition) is 3. The van der Waals surface area contributed by atoms with Gasteiger partial charge in [0.15, 0.2) is 0 Å². The van der Waals surface area contributed by atoms with Gasteiger partial charge in [0, 0.05) is 32.0 Å². The summed E-state index contributed by atoms with van der Waals surface area (Å²) in [5.41, 5.74) is 1.32. The smallest absolute Gasteiger partial charge is 0.245 e. The zero-order chi connectivity index (χ0) is 17.4. The predicted octanol–water partition coefficient (Wildman–Crippen LogP) is 2.47. The molecule has 2 rings (SSSR count). The fraction of sp³-hybridized carbons (Fsp3) is 0.474. The number of carbonyl (C=O) groups is 1. The van der Waals surface area contributed by atoms with E-state index in [0.29, 0.717) is 0 Å². The number of benzene rings is 1. The Labute approximate surface area is 144 Å². The van der Waals surface area contributed by atoms with Crippen molar-refractivity contribution in [3.8, 4) is 0 Å². The Morgan fingerprint density at radius 2 is 1.92 bits per heavy atom. The quantitative estimate of drug-likeness (QED) is 0.710. The lowest BCUT2D eigenvalue weighted by molar-refractivity contribution is -0.134. The summed E-state index contributed by atoms with van der Waals surface area (Å²) in [7, 11) is 4.07. The molecule has 1 amide bonds. The first-order valence-electron chi connectivity index (χ1n) is 8.53. The molecule has 1 heterocycles. The lowest BCUT2D eigenvalue weighted by Crippen LogP contribution is -2.40. The van der Waals surface area contributed by atoms with Crippen molar-refractivity contribution in [2.45, 2.75) is 25.8 Å². The van der Waals surface area contributed by atoms with Crippen molar-refractivity contribution in [3.05, 3.63) is 54.6 Å². The Morgan fingerprint density at radius 3 is 2.54 bits per heavy atom. The Bertz CT molecular complexity index is 595. The minimum Gasteiger partial charge on any atom is -0.340 e. The van der Waals surface area contributed by atoms with E-state index in [0.717, 1.165) is 32.5 Å². The zero-order valence-corrected chi connectivity index (χ0v) is 14.9. The minimum absolute atomic E-state index is 0.155. The van der Waals surface area contributed by atoms with Crippen LogP contribution in [0, 0.1) is 0 Å². The van der Waals surface area contributed by atoms with E-state index < -0.39 is 0 Å². The number of carbonyl (C=O) groups excluding carboxylic acids is 1. The second-order valence-electron chi connectivity index (χ2n) is 6.40. The van der Waals surface area contributed by atoms with Crippen LogP contribution in [-0.2, 0) is 11.2 Å². The largest absolute Gasteiger partial charge is 0.340 e. The number of aryl methyl sites for hydroxylation is 1. The molecule has 1 atom stereocenters. The van der Waals surface area contributed by atoms with Crippen molar-refractivity contribution in [3.63, 3.8) is 0 Å². The van der Waals surface area contributed by atoms with Gasteiger partial charge in [-0.3, -0.25) is 4.79 Å². The summed E-state index contributed by atoms with van der Waals surface area (Å²) in [4.78, 5) is 21.0. The van der Waals surface area contributed by atoms with Crippen LogP contribution in [-0.4, -0.2) is 59.0 Å². The number of hydrogen-bond donors (Lipinski definition) is 0. The van der Waals surface area contributed by atoms with Crippen LogP contribution < -0.4 is 0 Å². The average Bonchev–Trinajstić information content (AvgIpc) is 3.12. The third-order valence-electron chi connectivity index (χ3n) is 4.19. The number of nitrogens with zero attached hydrogens (tertiary/aromatic N) is 4. The SMILES string of the molecule is C[C@H](C(=O)N(CCCc1ccccc1)CCN(C)C)n1ccnc1. The molecule has 0 saturated carbocycles. The van der Waals surface area contributed by atoms with Crippen LogP contribution in [0.1, 0.15) is 24.9 Å². The second-order valence-corrected chi connectivity index (χ2v) is 6.40. The fourth-order valence-electron chi connectivity index (χ4n) is 2.66. The Kier molecular flexibility index (Phi) is 7.00. The van der Waals surface area contributed by atoms with Crippen LogP contribution in [0.25, 0.3) is 0 Å². The molecule has 24 heavy (non-hydrogen) atoms. The Morgan fingerprint density at radius 1 is 1.17 bits per heavy atom. The number of amides is 1. The summed E-state index contributed by atoms with van der Waals surface area (Å²) >= 11 is 0. The van der Waals surface area contributed by atoms with Gasteiger partial charge in [0.1, 0.15) is 6.04 Å². The highest BCUT2D eigenvalue weighted by atomic mass is 16.2. The van der Waals surface area contributed by atoms with Crippen LogP contribution in [0.3, 0.4) is 0 Å². The maximum absolute atomic E-state index is 12.9. The molecule has 130 valence electrons. The third-order valence-corrected chi connectivity index (χ3v) is 4.19. The summed E-state index contributed by atoms with van der Waals surface area (Å²) in [5.74, 6) is 0.155. The molecule has 0 radical (unpaired) electrons. The van der Waals surface area contributed by atoms with Crippen molar-refractivity contribution < 1.29 is 4.79 Å². The van der Waals surface area contributed by atoms with E-state index in [1.807, 2.05) is 42.7 Å². The first-order chi connectivity index (χ1) is 11.6. The molecule has 0 N–H and O–H groups in total. The molecular formula is C19H28N4O. The highest BCUT2D eigenvalue weighted by Crippen LogP contribution is 2.11. The molecule has 0 aliphatic rings. The summed E-state index contributed by atoms with van der Waals surface area (Å²) in [6.07, 6.45) is 7.22. The predicted molar refractivity (Wildman–Crippen MR) is 96.8 cm³/mol. The second kappa shape index (κ2) is 9.23. The van der Waals surface area contributed by atoms with Crippen molar-refractivity contribution >= 4 is 5.91 Å². The van der Waals surface area contributed by atoms with Crippen LogP contribution in [0.15, 0.2) is 49.1 Å². The first-order valence-corrected chi connectivity index (χ1v) is 8.53. The van der Waals surface area contributed by atoms with Crippen molar-refractivity contribution in [2.24, 2.45) is 0 Å². The summed E-state index contributed by atoms with van der Waals surface area (Å²) in [6, 6.07) is 10.2. The van der Waals surface area contributed by atoms with Crippen molar-refractivity contribution in [1.29, 1.82) is 0 Å². The molecule has 0 unspecified atom stereocenters. The number of aromatic nitrogens is 2. The Hall–Kier alpha value is -2.14. The maximum Gasteiger partial charge on any atom is 0.245 e. The molecule has 0 aliphatic carbocycles. The molecule has 0 spiro atoms.